The van der Waals surface area contributed by atoms with Gasteiger partial charge < -0.3 is 5.32 Å². The fourth-order valence-electron chi connectivity index (χ4n) is 2.52. The summed E-state index contributed by atoms with van der Waals surface area (Å²) in [6.45, 7) is 0.420. The molecule has 3 N–H and O–H groups in total. The van der Waals surface area contributed by atoms with Gasteiger partial charge in [-0.3, -0.25) is 14.8 Å². The van der Waals surface area contributed by atoms with E-state index >= 15 is 0 Å². The maximum Gasteiger partial charge on any atom is 0.271 e. The zero-order chi connectivity index (χ0) is 20.5. The average Bonchev–Trinajstić information content (AvgIpc) is 3.42. The Morgan fingerprint density at radius 1 is 1.10 bits per heavy atom. The fourth-order valence-corrected chi connectivity index (χ4v) is 4.16. The summed E-state index contributed by atoms with van der Waals surface area (Å²) in [7, 11) is 0. The van der Waals surface area contributed by atoms with Crippen LogP contribution in [-0.4, -0.2) is 33.5 Å². The second-order valence-corrected chi connectivity index (χ2v) is 7.99. The lowest BCUT2D eigenvalue weighted by molar-refractivity contribution is -0.129. The minimum Gasteiger partial charge on any atom is -0.351 e. The van der Waals surface area contributed by atoms with Gasteiger partial charge in [-0.15, -0.1) is 22.7 Å². The molecule has 0 saturated heterocycles. The van der Waals surface area contributed by atoms with Crippen LogP contribution in [0.4, 0.5) is 0 Å². The fraction of sp³-hybridized carbons (Fsp3) is 0.200. The highest BCUT2D eigenvalue weighted by Crippen LogP contribution is 2.30. The molecule has 0 saturated carbocycles. The Balaban J connectivity index is 1.71. The van der Waals surface area contributed by atoms with E-state index in [-0.39, 0.29) is 12.3 Å². The van der Waals surface area contributed by atoms with Gasteiger partial charge in [0.15, 0.2) is 10.0 Å². The smallest absolute Gasteiger partial charge is 0.271 e. The molecule has 0 bridgehead atoms. The minimum atomic E-state index is -0.433. The molecule has 150 valence electrons. The molecule has 3 rings (SSSR count). The molecule has 2 aromatic heterocycles. The number of carbonyl (C=O) groups is 2. The number of hydrogen-bond acceptors (Lipinski definition) is 7. The number of hydrogen-bond donors (Lipinski definition) is 3. The second-order valence-electron chi connectivity index (χ2n) is 6.06. The van der Waals surface area contributed by atoms with E-state index in [1.807, 2.05) is 47.9 Å². The van der Waals surface area contributed by atoms with Crippen LogP contribution in [0.1, 0.15) is 40.2 Å². The molecule has 0 unspecified atom stereocenters. The summed E-state index contributed by atoms with van der Waals surface area (Å²) < 4.78 is 0. The first-order chi connectivity index (χ1) is 14.2. The lowest BCUT2D eigenvalue weighted by atomic mass is 10.2. The lowest BCUT2D eigenvalue weighted by Gasteiger charge is -2.04. The molecular weight excluding hydrogens is 408 g/mol. The number of hydroxylamine groups is 1. The number of carbonyl (C=O) groups excluding carboxylic acids is 2. The molecule has 0 fully saturated rings. The van der Waals surface area contributed by atoms with Gasteiger partial charge in [0, 0.05) is 24.5 Å². The molecule has 0 radical (unpaired) electrons. The highest BCUT2D eigenvalue weighted by molar-refractivity contribution is 7.21. The van der Waals surface area contributed by atoms with Crippen LogP contribution >= 0.6 is 22.7 Å². The maximum atomic E-state index is 12.7. The van der Waals surface area contributed by atoms with Gasteiger partial charge in [0.05, 0.1) is 4.88 Å². The van der Waals surface area contributed by atoms with E-state index in [2.05, 4.69) is 15.3 Å². The number of nitrogens with one attached hydrogen (secondary N) is 2. The lowest BCUT2D eigenvalue weighted by Crippen LogP contribution is -2.26. The second kappa shape index (κ2) is 10.6. The quantitative estimate of drug-likeness (QED) is 0.273. The molecule has 0 spiro atoms. The number of rotatable bonds is 9. The van der Waals surface area contributed by atoms with Crippen molar-refractivity contribution >= 4 is 46.6 Å². The molecule has 2 heterocycles. The van der Waals surface area contributed by atoms with Crippen LogP contribution in [0.3, 0.4) is 0 Å². The van der Waals surface area contributed by atoms with E-state index in [0.717, 1.165) is 15.4 Å². The molecule has 3 aromatic rings. The molecule has 2 amide bonds. The Labute approximate surface area is 176 Å². The number of aromatic nitrogens is 2. The van der Waals surface area contributed by atoms with Crippen molar-refractivity contribution in [2.75, 3.05) is 6.54 Å². The summed E-state index contributed by atoms with van der Waals surface area (Å²) in [6.07, 6.45) is 6.95. The van der Waals surface area contributed by atoms with E-state index in [0.29, 0.717) is 30.1 Å². The van der Waals surface area contributed by atoms with Crippen LogP contribution in [0.25, 0.3) is 22.2 Å². The van der Waals surface area contributed by atoms with E-state index in [9.17, 15) is 9.59 Å². The molecular formula is C20H20N4O3S2. The SMILES string of the molecule is O=C(CCCCNC(=O)c1nc(-c2nccs2)sc1C=Cc1ccccc1)NO. The Kier molecular flexibility index (Phi) is 7.62. The third kappa shape index (κ3) is 6.05. The Morgan fingerprint density at radius 3 is 2.66 bits per heavy atom. The van der Waals surface area contributed by atoms with Crippen molar-refractivity contribution < 1.29 is 14.8 Å². The topological polar surface area (TPSA) is 104 Å². The summed E-state index contributed by atoms with van der Waals surface area (Å²) in [5.41, 5.74) is 2.99. The first-order valence-corrected chi connectivity index (χ1v) is 10.7. The standard InChI is InChI=1S/C20H20N4O3S2/c25-16(24-27)8-4-5-11-21-18(26)17-15(10-9-14-6-2-1-3-7-14)29-20(23-17)19-22-12-13-28-19/h1-3,6-7,9-10,12-13,27H,4-5,8,11H2,(H,21,26)(H,24,25). The highest BCUT2D eigenvalue weighted by Gasteiger charge is 2.18. The van der Waals surface area contributed by atoms with Crippen LogP contribution in [0, 0.1) is 0 Å². The molecule has 0 atom stereocenters. The van der Waals surface area contributed by atoms with Crippen molar-refractivity contribution in [3.05, 3.63) is 58.0 Å². The predicted molar refractivity (Wildman–Crippen MR) is 115 cm³/mol. The summed E-state index contributed by atoms with van der Waals surface area (Å²) in [4.78, 5) is 33.2. The molecule has 7 nitrogen and oxygen atoms in total. The number of nitrogens with zero attached hydrogens (tertiary/aromatic N) is 2. The highest BCUT2D eigenvalue weighted by atomic mass is 32.1. The normalized spacial score (nSPS) is 10.9. The van der Waals surface area contributed by atoms with Crippen LogP contribution < -0.4 is 10.8 Å². The molecule has 0 aliphatic heterocycles. The van der Waals surface area contributed by atoms with Crippen molar-refractivity contribution in [3.63, 3.8) is 0 Å². The third-order valence-corrected chi connectivity index (χ3v) is 5.89. The Hall–Kier alpha value is -2.88. The summed E-state index contributed by atoms with van der Waals surface area (Å²) in [5, 5.41) is 14.7. The molecule has 29 heavy (non-hydrogen) atoms. The molecule has 1 aromatic carbocycles. The predicted octanol–water partition coefficient (Wildman–Crippen LogP) is 3.84. The zero-order valence-corrected chi connectivity index (χ0v) is 17.1. The van der Waals surface area contributed by atoms with Gasteiger partial charge in [0.25, 0.3) is 5.91 Å². The van der Waals surface area contributed by atoms with Crippen LogP contribution in [0.15, 0.2) is 41.9 Å². The van der Waals surface area contributed by atoms with Crippen molar-refractivity contribution in [2.24, 2.45) is 0 Å². The number of thiazole rings is 2. The summed E-state index contributed by atoms with van der Waals surface area (Å²) >= 11 is 2.90. The van der Waals surface area contributed by atoms with Crippen molar-refractivity contribution in [1.29, 1.82) is 0 Å². The van der Waals surface area contributed by atoms with Gasteiger partial charge in [-0.1, -0.05) is 36.4 Å². The monoisotopic (exact) mass is 428 g/mol. The zero-order valence-electron chi connectivity index (χ0n) is 15.5. The molecule has 9 heteroatoms. The van der Waals surface area contributed by atoms with E-state index in [4.69, 9.17) is 5.21 Å². The minimum absolute atomic E-state index is 0.211. The third-order valence-electron chi connectivity index (χ3n) is 3.95. The van der Waals surface area contributed by atoms with Gasteiger partial charge in [0.2, 0.25) is 5.91 Å². The van der Waals surface area contributed by atoms with Crippen molar-refractivity contribution in [1.82, 2.24) is 20.8 Å². The van der Waals surface area contributed by atoms with Crippen LogP contribution in [0.2, 0.25) is 0 Å². The molecule has 0 aliphatic carbocycles. The maximum absolute atomic E-state index is 12.7. The first kappa shape index (κ1) is 20.8. The van der Waals surface area contributed by atoms with Gasteiger partial charge in [-0.05, 0) is 24.5 Å². The first-order valence-electron chi connectivity index (χ1n) is 9.02. The largest absolute Gasteiger partial charge is 0.351 e. The van der Waals surface area contributed by atoms with Gasteiger partial charge in [0.1, 0.15) is 5.69 Å². The van der Waals surface area contributed by atoms with Crippen molar-refractivity contribution in [2.45, 2.75) is 19.3 Å². The van der Waals surface area contributed by atoms with Crippen LogP contribution in [0.5, 0.6) is 0 Å². The number of unbranched alkanes of at least 4 members (excludes halogenated alkanes) is 1. The molecule has 0 aliphatic rings. The van der Waals surface area contributed by atoms with E-state index < -0.39 is 5.91 Å². The van der Waals surface area contributed by atoms with Gasteiger partial charge >= 0.3 is 0 Å². The number of amides is 2. The summed E-state index contributed by atoms with van der Waals surface area (Å²) in [5.74, 6) is -0.694. The van der Waals surface area contributed by atoms with Gasteiger partial charge in [-0.2, -0.15) is 0 Å². The average molecular weight is 429 g/mol. The Bertz CT molecular complexity index is 969. The van der Waals surface area contributed by atoms with E-state index in [1.54, 1.807) is 11.7 Å². The summed E-state index contributed by atoms with van der Waals surface area (Å²) in [6, 6.07) is 9.84. The van der Waals surface area contributed by atoms with Crippen molar-refractivity contribution in [3.8, 4) is 10.0 Å². The van der Waals surface area contributed by atoms with Gasteiger partial charge in [-0.25, -0.2) is 15.4 Å². The Morgan fingerprint density at radius 2 is 1.93 bits per heavy atom. The number of benzene rings is 1. The van der Waals surface area contributed by atoms with Crippen LogP contribution in [-0.2, 0) is 4.79 Å². The van der Waals surface area contributed by atoms with E-state index in [1.165, 1.54) is 22.7 Å².